The monoisotopic (exact) mass is 409 g/mol. The standard InChI is InChI=1S/C20H16ClN5O3/c1-28-17-7-13(8-23-19(17)29-2)12-5-14-10-26(20(27)18(14)16(21)6-12)15-9-24-25(11-15)4-3-22/h5-9,11H,4,10H2,1-2H3. The Morgan fingerprint density at radius 1 is 1.21 bits per heavy atom. The Morgan fingerprint density at radius 2 is 2.03 bits per heavy atom. The second-order valence-electron chi connectivity index (χ2n) is 6.37. The lowest BCUT2D eigenvalue weighted by molar-refractivity contribution is 0.0996. The van der Waals surface area contributed by atoms with Crippen molar-refractivity contribution in [3.05, 3.63) is 52.9 Å². The molecule has 0 radical (unpaired) electrons. The van der Waals surface area contributed by atoms with Gasteiger partial charge in [-0.15, -0.1) is 0 Å². The summed E-state index contributed by atoms with van der Waals surface area (Å²) in [5, 5.41) is 13.3. The topological polar surface area (TPSA) is 93.3 Å². The molecule has 3 heterocycles. The molecule has 0 spiro atoms. The Bertz CT molecular complexity index is 1150. The van der Waals surface area contributed by atoms with Crippen molar-refractivity contribution in [1.29, 1.82) is 5.26 Å². The fourth-order valence-corrected chi connectivity index (χ4v) is 3.64. The van der Waals surface area contributed by atoms with Gasteiger partial charge >= 0.3 is 0 Å². The van der Waals surface area contributed by atoms with Crippen molar-refractivity contribution in [3.63, 3.8) is 0 Å². The smallest absolute Gasteiger partial charge is 0.260 e. The molecule has 4 rings (SSSR count). The van der Waals surface area contributed by atoms with Gasteiger partial charge < -0.3 is 14.4 Å². The van der Waals surface area contributed by atoms with Crippen LogP contribution in [-0.2, 0) is 13.1 Å². The Morgan fingerprint density at radius 3 is 2.76 bits per heavy atom. The second-order valence-corrected chi connectivity index (χ2v) is 6.78. The highest BCUT2D eigenvalue weighted by atomic mass is 35.5. The maximum absolute atomic E-state index is 12.9. The molecular weight excluding hydrogens is 394 g/mol. The van der Waals surface area contributed by atoms with Gasteiger partial charge in [0.2, 0.25) is 0 Å². The van der Waals surface area contributed by atoms with Gasteiger partial charge in [-0.1, -0.05) is 11.6 Å². The Labute approximate surface area is 171 Å². The van der Waals surface area contributed by atoms with Crippen LogP contribution in [0.25, 0.3) is 11.1 Å². The molecule has 0 atom stereocenters. The second kappa shape index (κ2) is 7.45. The minimum absolute atomic E-state index is 0.117. The van der Waals surface area contributed by atoms with Crippen LogP contribution >= 0.6 is 11.6 Å². The van der Waals surface area contributed by atoms with Crippen LogP contribution in [-0.4, -0.2) is 34.9 Å². The molecule has 1 aromatic carbocycles. The summed E-state index contributed by atoms with van der Waals surface area (Å²) in [5.41, 5.74) is 3.50. The predicted molar refractivity (Wildman–Crippen MR) is 106 cm³/mol. The van der Waals surface area contributed by atoms with Crippen molar-refractivity contribution in [2.45, 2.75) is 13.1 Å². The zero-order chi connectivity index (χ0) is 20.5. The normalized spacial score (nSPS) is 12.6. The van der Waals surface area contributed by atoms with Gasteiger partial charge in [0.1, 0.15) is 6.54 Å². The molecule has 0 bridgehead atoms. The number of amides is 1. The van der Waals surface area contributed by atoms with Gasteiger partial charge in [0, 0.05) is 18.0 Å². The summed E-state index contributed by atoms with van der Waals surface area (Å²) in [6.45, 7) is 0.479. The van der Waals surface area contributed by atoms with Gasteiger partial charge in [-0.2, -0.15) is 10.4 Å². The van der Waals surface area contributed by atoms with Gasteiger partial charge in [0.25, 0.3) is 11.8 Å². The van der Waals surface area contributed by atoms with E-state index in [2.05, 4.69) is 10.1 Å². The highest BCUT2D eigenvalue weighted by Crippen LogP contribution is 2.37. The van der Waals surface area contributed by atoms with Gasteiger partial charge in [-0.05, 0) is 29.3 Å². The number of rotatable bonds is 5. The zero-order valence-corrected chi connectivity index (χ0v) is 16.5. The molecule has 9 heteroatoms. The number of nitriles is 1. The first-order chi connectivity index (χ1) is 14.0. The first kappa shape index (κ1) is 18.8. The molecule has 146 valence electrons. The van der Waals surface area contributed by atoms with Crippen molar-refractivity contribution in [2.24, 2.45) is 0 Å². The Balaban J connectivity index is 1.70. The third kappa shape index (κ3) is 3.26. The molecule has 0 unspecified atom stereocenters. The van der Waals surface area contributed by atoms with Crippen LogP contribution in [0, 0.1) is 11.3 Å². The molecule has 1 aliphatic heterocycles. The van der Waals surface area contributed by atoms with Crippen molar-refractivity contribution >= 4 is 23.2 Å². The molecule has 0 aliphatic carbocycles. The summed E-state index contributed by atoms with van der Waals surface area (Å²) in [6.07, 6.45) is 4.90. The van der Waals surface area contributed by atoms with Crippen LogP contribution in [0.4, 0.5) is 5.69 Å². The molecule has 1 amide bonds. The molecule has 3 aromatic rings. The van der Waals surface area contributed by atoms with Crippen molar-refractivity contribution in [2.75, 3.05) is 19.1 Å². The van der Waals surface area contributed by atoms with E-state index in [0.29, 0.717) is 34.4 Å². The molecule has 0 saturated heterocycles. The molecule has 1 aliphatic rings. The lowest BCUT2D eigenvalue weighted by Crippen LogP contribution is -2.22. The quantitative estimate of drug-likeness (QED) is 0.641. The fraction of sp³-hybridized carbons (Fsp3) is 0.200. The van der Waals surface area contributed by atoms with Crippen LogP contribution in [0.2, 0.25) is 5.02 Å². The molecule has 8 nitrogen and oxygen atoms in total. The Hall–Kier alpha value is -3.57. The number of benzene rings is 1. The van der Waals surface area contributed by atoms with Gasteiger partial charge in [0.15, 0.2) is 5.75 Å². The number of hydrogen-bond acceptors (Lipinski definition) is 6. The van der Waals surface area contributed by atoms with Crippen molar-refractivity contribution in [3.8, 4) is 28.8 Å². The average molecular weight is 410 g/mol. The summed E-state index contributed by atoms with van der Waals surface area (Å²) < 4.78 is 12.0. The van der Waals surface area contributed by atoms with E-state index in [1.807, 2.05) is 18.2 Å². The molecule has 0 fully saturated rings. The van der Waals surface area contributed by atoms with Crippen LogP contribution < -0.4 is 14.4 Å². The number of ether oxygens (including phenoxy) is 2. The average Bonchev–Trinajstić information content (AvgIpc) is 3.32. The minimum Gasteiger partial charge on any atom is -0.491 e. The molecule has 29 heavy (non-hydrogen) atoms. The van der Waals surface area contributed by atoms with E-state index in [0.717, 1.165) is 16.7 Å². The van der Waals surface area contributed by atoms with Gasteiger partial charge in [-0.25, -0.2) is 4.98 Å². The molecule has 2 aromatic heterocycles. The summed E-state index contributed by atoms with van der Waals surface area (Å²) in [7, 11) is 3.07. The number of carbonyl (C=O) groups is 1. The number of hydrogen-bond donors (Lipinski definition) is 0. The van der Waals surface area contributed by atoms with Crippen LogP contribution in [0.1, 0.15) is 15.9 Å². The number of nitrogens with zero attached hydrogens (tertiary/aromatic N) is 5. The molecule has 0 saturated carbocycles. The lowest BCUT2D eigenvalue weighted by atomic mass is 10.0. The number of fused-ring (bicyclic) bond motifs is 1. The predicted octanol–water partition coefficient (Wildman–Crippen LogP) is 3.30. The Kier molecular flexibility index (Phi) is 4.82. The number of halogens is 1. The largest absolute Gasteiger partial charge is 0.491 e. The summed E-state index contributed by atoms with van der Waals surface area (Å²) in [6, 6.07) is 7.49. The van der Waals surface area contributed by atoms with Gasteiger partial charge in [0.05, 0.1) is 49.3 Å². The van der Waals surface area contributed by atoms with E-state index in [1.54, 1.807) is 36.7 Å². The van der Waals surface area contributed by atoms with E-state index in [1.165, 1.54) is 11.8 Å². The number of pyridine rings is 1. The van der Waals surface area contributed by atoms with Crippen LogP contribution in [0.5, 0.6) is 11.6 Å². The number of aromatic nitrogens is 3. The van der Waals surface area contributed by atoms with E-state index in [-0.39, 0.29) is 12.5 Å². The SMILES string of the molecule is COc1cc(-c2cc(Cl)c3c(c2)CN(c2cnn(CC#N)c2)C3=O)cnc1OC. The number of methoxy groups -OCH3 is 2. The maximum Gasteiger partial charge on any atom is 0.260 e. The lowest BCUT2D eigenvalue weighted by Gasteiger charge is -2.12. The van der Waals surface area contributed by atoms with Gasteiger partial charge in [-0.3, -0.25) is 9.48 Å². The first-order valence-corrected chi connectivity index (χ1v) is 9.05. The third-order valence-corrected chi connectivity index (χ3v) is 4.99. The highest BCUT2D eigenvalue weighted by Gasteiger charge is 2.32. The summed E-state index contributed by atoms with van der Waals surface area (Å²) >= 11 is 6.47. The van der Waals surface area contributed by atoms with E-state index in [9.17, 15) is 4.79 Å². The maximum atomic E-state index is 12.9. The van der Waals surface area contributed by atoms with Crippen LogP contribution in [0.15, 0.2) is 36.8 Å². The van der Waals surface area contributed by atoms with E-state index < -0.39 is 0 Å². The van der Waals surface area contributed by atoms with E-state index >= 15 is 0 Å². The van der Waals surface area contributed by atoms with Crippen LogP contribution in [0.3, 0.4) is 0 Å². The van der Waals surface area contributed by atoms with E-state index in [4.69, 9.17) is 26.3 Å². The highest BCUT2D eigenvalue weighted by molar-refractivity contribution is 6.35. The zero-order valence-electron chi connectivity index (χ0n) is 15.7. The summed E-state index contributed by atoms with van der Waals surface area (Å²) in [4.78, 5) is 18.8. The molecular formula is C20H16ClN5O3. The molecule has 0 N–H and O–H groups in total. The fourth-order valence-electron chi connectivity index (χ4n) is 3.32. The first-order valence-electron chi connectivity index (χ1n) is 8.67. The number of carbonyl (C=O) groups excluding carboxylic acids is 1. The summed E-state index contributed by atoms with van der Waals surface area (Å²) in [5.74, 6) is 0.696. The minimum atomic E-state index is -0.196. The van der Waals surface area contributed by atoms with Crippen molar-refractivity contribution < 1.29 is 14.3 Å². The number of anilines is 1. The third-order valence-electron chi connectivity index (χ3n) is 4.69. The van der Waals surface area contributed by atoms with Crippen molar-refractivity contribution in [1.82, 2.24) is 14.8 Å².